The number of aliphatic imine (C=N–C) groups is 3. The molecule has 5 amide bonds. The largest absolute Gasteiger partial charge is 1.00 e. The number of nitrogens with two attached hydrogens (primary N) is 1. The van der Waals surface area contributed by atoms with Crippen molar-refractivity contribution in [1.29, 1.82) is 0 Å². The molecule has 2 aliphatic carbocycles. The van der Waals surface area contributed by atoms with E-state index in [1.165, 1.54) is 65.7 Å². The van der Waals surface area contributed by atoms with E-state index in [4.69, 9.17) is 55.3 Å². The number of carboxylic acids is 2. The Balaban J connectivity index is 0. The number of ether oxygens (including phenoxy) is 8. The Morgan fingerprint density at radius 1 is 0.533 bits per heavy atom. The number of hydrogen-bond acceptors (Lipinski definition) is 26. The van der Waals surface area contributed by atoms with E-state index in [1.807, 2.05) is 143 Å². The first kappa shape index (κ1) is 126. The summed E-state index contributed by atoms with van der Waals surface area (Å²) in [6.07, 6.45) is 11.5. The van der Waals surface area contributed by atoms with Gasteiger partial charge in [0.15, 0.2) is 0 Å². The van der Waals surface area contributed by atoms with Crippen molar-refractivity contribution < 1.29 is 141 Å². The number of amides is 5. The molecule has 0 radical (unpaired) electrons. The second-order valence-electron chi connectivity index (χ2n) is 37.2. The SMILES string of the molecule is C.C1CCOC1.C1CCOC1.CC(=O)O.CC(C)(C)OC(=O)N1CCC(=O)CC1.CC1CCCC2=C1CN=C2C(=O)O.CC1CN(C(=O)OC(C)(C)C)CCC1=O.CCOC(=O)C(=O)C1CN(C(=O)OC(C)(C)C)CC(C)C1=O.CCOC(=O)C1=NCC2=C1CN(C(=O)OC(C)(C)C)CC2C.CI.Cc1cccc(N)c1.Cc1cccc(NC(=O)C2=NCC3=C2CCCC3C)c1.[2H]CF.[Li+].[OH-]. The van der Waals surface area contributed by atoms with Crippen molar-refractivity contribution in [2.75, 3.05) is 135 Å². The van der Waals surface area contributed by atoms with Crippen LogP contribution in [0.3, 0.4) is 0 Å². The summed E-state index contributed by atoms with van der Waals surface area (Å²) in [5.41, 5.74) is 15.5. The number of aryl methyl sites for hydroxylation is 2. The Morgan fingerprint density at radius 2 is 0.926 bits per heavy atom. The Morgan fingerprint density at radius 3 is 1.33 bits per heavy atom. The molecule has 5 fully saturated rings. The predicted molar refractivity (Wildman–Crippen MR) is 525 cm³/mol. The van der Waals surface area contributed by atoms with Crippen LogP contribution in [0.25, 0.3) is 0 Å². The van der Waals surface area contributed by atoms with Gasteiger partial charge in [-0.25, -0.2) is 33.6 Å². The van der Waals surface area contributed by atoms with E-state index < -0.39 is 77.1 Å². The van der Waals surface area contributed by atoms with E-state index in [0.29, 0.717) is 114 Å². The van der Waals surface area contributed by atoms with E-state index in [1.54, 1.807) is 56.2 Å². The minimum atomic E-state index is -1.18. The zero-order chi connectivity index (χ0) is 101. The zero-order valence-electron chi connectivity index (χ0n) is 84.9. The smallest absolute Gasteiger partial charge is 0.870 e. The number of benzene rings is 2. The van der Waals surface area contributed by atoms with Gasteiger partial charge in [-0.05, 0) is 261 Å². The number of Topliss-reactive ketones (excluding diaryl/α,β-unsaturated/α-hetero) is 4. The number of hydrogen-bond donors (Lipinski definition) is 4. The zero-order valence-corrected chi connectivity index (χ0v) is 86.0. The van der Waals surface area contributed by atoms with Gasteiger partial charge in [0.1, 0.15) is 62.8 Å². The van der Waals surface area contributed by atoms with Gasteiger partial charge < -0.3 is 84.2 Å². The fourth-order valence-electron chi connectivity index (χ4n) is 14.6. The molecule has 6 unspecified atom stereocenters. The fourth-order valence-corrected chi connectivity index (χ4v) is 14.6. The Kier molecular flexibility index (Phi) is 59.6. The summed E-state index contributed by atoms with van der Waals surface area (Å²) in [5, 5.41) is 19.3. The maximum atomic E-state index is 12.4. The second-order valence-corrected chi connectivity index (χ2v) is 37.2. The van der Waals surface area contributed by atoms with Crippen LogP contribution in [0.2, 0.25) is 0 Å². The average molecular weight is 2010 g/mol. The van der Waals surface area contributed by atoms with Gasteiger partial charge in [-0.1, -0.05) is 88.9 Å². The van der Waals surface area contributed by atoms with Crippen LogP contribution in [0.5, 0.6) is 0 Å². The van der Waals surface area contributed by atoms with E-state index in [2.05, 4.69) is 61.5 Å². The van der Waals surface area contributed by atoms with Crippen molar-refractivity contribution in [3.63, 3.8) is 0 Å². The third-order valence-corrected chi connectivity index (χ3v) is 21.0. The standard InChI is InChI=1S/C17H20N2O.C16H24N2O4.C15H23NO6.C11H19NO3.C10H17NO3.C10H13NO2.C7H9N.2C4H8O.C2H4O2.CH3F.CH3I.CH4.Li.H2O/c1-11-5-3-7-13(9-11)19-17(20)16-14-8-4-6-12(2)15(14)10-18-16;1-6-21-14(19)13-12-9-18(15(20)22-16(3,4)5)8-10(2)11(12)7-17-13;1-6-21-13(19)12(18)10-8-16(7-9(2)11(10)17)14(20)22-15(3,4)5;1-8-7-12(6-5-9(8)13)10(14)15-11(2,3)4;1-10(2,3)14-9(13)11-6-4-8(12)5-7-11;1-6-3-2-4-7-8(6)5-11-9(7)10(12)13;1-6-3-2-4-7(8)5-6;2*1-2-4-5-3-1;1-2(3)4;2*1-2;;;/h3,5,7,9,12H,4,6,8,10H2,1-2H3,(H,19,20);10H,6-9H2,1-5H3;9-10H,6-8H2,1-5H3;8H,5-7H2,1-4H3;4-7H2,1-3H3;6H,2-5H2,1H3,(H,12,13);2-5H,8H2,1H3;2*1-4H2;1H3,(H,3,4);2*1H3;1H4;;1H2/q;;;;;;;;;;;;;+1;/p-1/i;;;;;;;;;;1D;;;;. The molecule has 33 nitrogen and oxygen atoms in total. The average Bonchev–Trinajstić information content (AvgIpc) is 1.61. The third kappa shape index (κ3) is 48.5. The van der Waals surface area contributed by atoms with Crippen LogP contribution in [-0.4, -0.2) is 276 Å². The number of piperidine rings is 3. The van der Waals surface area contributed by atoms with Crippen molar-refractivity contribution in [2.24, 2.45) is 50.5 Å². The van der Waals surface area contributed by atoms with Crippen LogP contribution in [0.1, 0.15) is 242 Å². The summed E-state index contributed by atoms with van der Waals surface area (Å²) < 4.78 is 56.2. The molecule has 2 aromatic carbocycles. The molecule has 0 bridgehead atoms. The maximum Gasteiger partial charge on any atom is 1.00 e. The van der Waals surface area contributed by atoms with E-state index in [-0.39, 0.29) is 105 Å². The number of anilines is 2. The van der Waals surface area contributed by atoms with E-state index in [9.17, 15) is 61.9 Å². The first-order valence-corrected chi connectivity index (χ1v) is 47.6. The van der Waals surface area contributed by atoms with Crippen molar-refractivity contribution >= 4 is 128 Å². The summed E-state index contributed by atoms with van der Waals surface area (Å²) in [7, 11) is -1.00. The minimum Gasteiger partial charge on any atom is -0.870 e. The second kappa shape index (κ2) is 64.0. The Bertz CT molecular complexity index is 4350. The molecule has 13 rings (SSSR count). The number of aliphatic carboxylic acids is 2. The maximum absolute atomic E-state index is 12.4. The summed E-state index contributed by atoms with van der Waals surface area (Å²) >= 11 is 2.15. The van der Waals surface area contributed by atoms with Crippen molar-refractivity contribution in [3.05, 3.63) is 93.1 Å². The quantitative estimate of drug-likeness (QED) is 0.0279. The van der Waals surface area contributed by atoms with Crippen LogP contribution in [0.15, 0.2) is 96.9 Å². The fraction of sp³-hybridized carbons (Fsp3) is 0.657. The minimum absolute atomic E-state index is 0. The number of nitrogen functional groups attached to an aromatic ring is 1. The van der Waals surface area contributed by atoms with Crippen molar-refractivity contribution in [1.82, 2.24) is 19.6 Å². The number of esters is 2. The van der Waals surface area contributed by atoms with Crippen molar-refractivity contribution in [2.45, 2.75) is 266 Å². The predicted octanol–water partition coefficient (Wildman–Crippen LogP) is 14.3. The summed E-state index contributed by atoms with van der Waals surface area (Å²) in [5.74, 6) is -4.53. The van der Waals surface area contributed by atoms with Crippen LogP contribution in [0, 0.1) is 49.4 Å². The number of carbonyl (C=O) groups is 13. The van der Waals surface area contributed by atoms with Gasteiger partial charge in [0, 0.05) is 127 Å². The number of carbonyl (C=O) groups excluding carboxylic acids is 11. The molecule has 9 aliphatic heterocycles. The molecule has 9 heterocycles. The molecule has 6 N–H and O–H groups in total. The first-order chi connectivity index (χ1) is 62.2. The van der Waals surface area contributed by atoms with Gasteiger partial charge in [-0.3, -0.25) is 48.1 Å². The van der Waals surface area contributed by atoms with Crippen LogP contribution >= 0.6 is 22.6 Å². The summed E-state index contributed by atoms with van der Waals surface area (Å²) in [6.45, 7) is 49.2. The molecule has 0 spiro atoms. The molecular weight excluding hydrogens is 1850 g/mol. The normalized spacial score (nSPS) is 20.0. The topological polar surface area (TPSA) is 454 Å². The number of rotatable bonds is 8. The van der Waals surface area contributed by atoms with E-state index in [0.717, 1.165) is 92.7 Å². The van der Waals surface area contributed by atoms with Gasteiger partial charge >= 0.3 is 61.1 Å². The molecule has 0 aromatic heterocycles. The molecule has 756 valence electrons. The van der Waals surface area contributed by atoms with Crippen LogP contribution < -0.4 is 29.9 Å². The number of alkyl halides is 2. The molecule has 36 heteroatoms. The van der Waals surface area contributed by atoms with Gasteiger partial charge in [0.05, 0.1) is 47.9 Å². The van der Waals surface area contributed by atoms with Gasteiger partial charge in [-0.2, -0.15) is 0 Å². The van der Waals surface area contributed by atoms with Crippen molar-refractivity contribution in [3.8, 4) is 0 Å². The Hall–Kier alpha value is -9.28. The molecular formula is C99H156FILiN9O24. The number of ketones is 4. The first-order valence-electron chi connectivity index (χ1n) is 46.2. The number of nitrogens with zero attached hydrogens (tertiary/aromatic N) is 7. The number of carboxylic acid groups (broad SMARTS) is 2. The number of nitrogens with one attached hydrogen (secondary N) is 1. The molecule has 5 saturated heterocycles. The molecule has 11 aliphatic rings. The number of likely N-dealkylation sites (tertiary alicyclic amines) is 3. The van der Waals surface area contributed by atoms with Crippen LogP contribution in [0.4, 0.5) is 34.9 Å². The monoisotopic (exact) mass is 2010 g/mol. The Labute approximate surface area is 827 Å². The third-order valence-electron chi connectivity index (χ3n) is 21.0. The molecule has 0 saturated carbocycles. The summed E-state index contributed by atoms with van der Waals surface area (Å²) in [4.78, 5) is 171. The van der Waals surface area contributed by atoms with Gasteiger partial charge in [-0.15, -0.1) is 0 Å². The van der Waals surface area contributed by atoms with Gasteiger partial charge in [0.2, 0.25) is 0 Å². The molecule has 6 atom stereocenters. The molecule has 135 heavy (non-hydrogen) atoms. The van der Waals surface area contributed by atoms with Crippen LogP contribution in [-0.2, 0) is 81.0 Å². The molecule has 2 aromatic rings. The number of halogens is 2. The van der Waals surface area contributed by atoms with E-state index >= 15 is 0 Å². The summed E-state index contributed by atoms with van der Waals surface area (Å²) in [6, 6.07) is 15.7. The van der Waals surface area contributed by atoms with Gasteiger partial charge in [0.25, 0.3) is 17.7 Å².